The van der Waals surface area contributed by atoms with Gasteiger partial charge in [-0.15, -0.1) is 0 Å². The Bertz CT molecular complexity index is 2940. The van der Waals surface area contributed by atoms with Gasteiger partial charge >= 0.3 is 0 Å². The van der Waals surface area contributed by atoms with Crippen LogP contribution in [0, 0.1) is 0 Å². The molecule has 0 N–H and O–H groups in total. The molecule has 0 atom stereocenters. The van der Waals surface area contributed by atoms with Gasteiger partial charge in [0.1, 0.15) is 0 Å². The van der Waals surface area contributed by atoms with Gasteiger partial charge < -0.3 is 9.13 Å². The Morgan fingerprint density at radius 3 is 1.07 bits per heavy atom. The molecule has 0 aliphatic carbocycles. The van der Waals surface area contributed by atoms with Crippen molar-refractivity contribution in [3.63, 3.8) is 0 Å². The molecule has 4 heterocycles. The van der Waals surface area contributed by atoms with Gasteiger partial charge in [0.2, 0.25) is 0 Å². The second-order valence-electron chi connectivity index (χ2n) is 13.9. The first-order valence-corrected chi connectivity index (χ1v) is 18.7. The van der Waals surface area contributed by atoms with Crippen molar-refractivity contribution in [1.29, 1.82) is 0 Å². The quantitative estimate of drug-likeness (QED) is 0.172. The standard InChI is InChI=1S/C50H32N6/c1-3-15-33(16-4-1)48-52-49(34-17-5-2-6-18-34)54-50(53-48)35-27-28-43(51-32-35)36-29-37(55-44-23-11-7-19-39(44)40-20-8-12-24-45(40)55)31-38(30-36)56-46-25-13-9-21-41(46)42-22-10-14-26-47(42)56/h1-32H. The van der Waals surface area contributed by atoms with E-state index in [1.165, 1.54) is 21.5 Å². The molecule has 4 aromatic heterocycles. The summed E-state index contributed by atoms with van der Waals surface area (Å²) in [6.07, 6.45) is 1.88. The second kappa shape index (κ2) is 13.0. The van der Waals surface area contributed by atoms with Crippen LogP contribution in [0.2, 0.25) is 0 Å². The summed E-state index contributed by atoms with van der Waals surface area (Å²) >= 11 is 0. The molecule has 56 heavy (non-hydrogen) atoms. The lowest BCUT2D eigenvalue weighted by atomic mass is 10.1. The normalized spacial score (nSPS) is 11.6. The van der Waals surface area contributed by atoms with Gasteiger partial charge in [-0.3, -0.25) is 4.98 Å². The molecule has 0 fully saturated rings. The highest BCUT2D eigenvalue weighted by molar-refractivity contribution is 6.10. The van der Waals surface area contributed by atoms with Crippen LogP contribution in [0.15, 0.2) is 194 Å². The molecule has 11 aromatic rings. The first-order valence-electron chi connectivity index (χ1n) is 18.7. The number of benzene rings is 7. The van der Waals surface area contributed by atoms with Crippen molar-refractivity contribution in [3.05, 3.63) is 194 Å². The highest BCUT2D eigenvalue weighted by Crippen LogP contribution is 2.38. The van der Waals surface area contributed by atoms with Crippen LogP contribution in [-0.4, -0.2) is 29.1 Å². The van der Waals surface area contributed by atoms with Gasteiger partial charge in [-0.25, -0.2) is 15.0 Å². The maximum absolute atomic E-state index is 5.11. The molecule has 0 amide bonds. The SMILES string of the molecule is c1ccc(-c2nc(-c3ccccc3)nc(-c3ccc(-c4cc(-n5c6ccccc6c6ccccc65)cc(-n5c6ccccc6c6ccccc65)c4)nc3)n2)cc1. The first-order chi connectivity index (χ1) is 27.8. The van der Waals surface area contributed by atoms with Crippen LogP contribution in [0.1, 0.15) is 0 Å². The van der Waals surface area contributed by atoms with E-state index in [9.17, 15) is 0 Å². The summed E-state index contributed by atoms with van der Waals surface area (Å²) in [5.41, 5.74) is 11.2. The van der Waals surface area contributed by atoms with Crippen molar-refractivity contribution < 1.29 is 0 Å². The summed E-state index contributed by atoms with van der Waals surface area (Å²) in [5, 5.41) is 4.88. The topological polar surface area (TPSA) is 61.4 Å². The third-order valence-corrected chi connectivity index (χ3v) is 10.6. The van der Waals surface area contributed by atoms with Crippen LogP contribution in [0.4, 0.5) is 0 Å². The van der Waals surface area contributed by atoms with E-state index in [0.29, 0.717) is 17.5 Å². The van der Waals surface area contributed by atoms with Crippen LogP contribution < -0.4 is 0 Å². The Kier molecular flexibility index (Phi) is 7.38. The molecule has 0 bridgehead atoms. The Morgan fingerprint density at radius 1 is 0.304 bits per heavy atom. The van der Waals surface area contributed by atoms with Crippen molar-refractivity contribution in [3.8, 4) is 56.8 Å². The molecule has 0 unspecified atom stereocenters. The van der Waals surface area contributed by atoms with Gasteiger partial charge in [0, 0.05) is 61.4 Å². The Morgan fingerprint density at radius 2 is 0.679 bits per heavy atom. The van der Waals surface area contributed by atoms with Gasteiger partial charge in [-0.2, -0.15) is 0 Å². The minimum atomic E-state index is 0.571. The number of rotatable bonds is 6. The molecule has 6 heteroatoms. The lowest BCUT2D eigenvalue weighted by molar-refractivity contribution is 1.07. The molecule has 0 spiro atoms. The molecule has 0 radical (unpaired) electrons. The Labute approximate surface area is 322 Å². The van der Waals surface area contributed by atoms with E-state index < -0.39 is 0 Å². The Balaban J connectivity index is 1.11. The number of pyridine rings is 1. The number of aromatic nitrogens is 6. The molecular weight excluding hydrogens is 685 g/mol. The Hall–Kier alpha value is -7.70. The molecular formula is C50H32N6. The first kappa shape index (κ1) is 31.8. The average molecular weight is 717 g/mol. The van der Waals surface area contributed by atoms with E-state index in [1.807, 2.05) is 66.9 Å². The highest BCUT2D eigenvalue weighted by Gasteiger charge is 2.18. The zero-order chi connectivity index (χ0) is 37.0. The molecule has 6 nitrogen and oxygen atoms in total. The molecule has 0 saturated heterocycles. The fourth-order valence-electron chi connectivity index (χ4n) is 8.04. The maximum Gasteiger partial charge on any atom is 0.165 e. The predicted molar refractivity (Wildman–Crippen MR) is 228 cm³/mol. The van der Waals surface area contributed by atoms with Gasteiger partial charge in [0.25, 0.3) is 0 Å². The minimum Gasteiger partial charge on any atom is -0.309 e. The number of hydrogen-bond acceptors (Lipinski definition) is 4. The van der Waals surface area contributed by atoms with Gasteiger partial charge in [0.15, 0.2) is 17.5 Å². The highest BCUT2D eigenvalue weighted by atomic mass is 15.0. The lowest BCUT2D eigenvalue weighted by Gasteiger charge is -2.16. The summed E-state index contributed by atoms with van der Waals surface area (Å²) in [6, 6.07) is 65.6. The average Bonchev–Trinajstić information content (AvgIpc) is 3.80. The van der Waals surface area contributed by atoms with E-state index in [2.05, 4.69) is 137 Å². The molecule has 262 valence electrons. The van der Waals surface area contributed by atoms with E-state index in [1.54, 1.807) is 0 Å². The van der Waals surface area contributed by atoms with E-state index in [0.717, 1.165) is 61.4 Å². The summed E-state index contributed by atoms with van der Waals surface area (Å²) in [7, 11) is 0. The van der Waals surface area contributed by atoms with Crippen molar-refractivity contribution in [2.24, 2.45) is 0 Å². The molecule has 0 aliphatic rings. The van der Waals surface area contributed by atoms with Crippen LogP contribution in [0.25, 0.3) is 100 Å². The monoisotopic (exact) mass is 716 g/mol. The minimum absolute atomic E-state index is 0.571. The summed E-state index contributed by atoms with van der Waals surface area (Å²) < 4.78 is 4.75. The van der Waals surface area contributed by atoms with Crippen molar-refractivity contribution in [2.45, 2.75) is 0 Å². The third-order valence-electron chi connectivity index (χ3n) is 10.6. The summed E-state index contributed by atoms with van der Waals surface area (Å²) in [4.78, 5) is 19.9. The van der Waals surface area contributed by atoms with Gasteiger partial charge in [-0.1, -0.05) is 133 Å². The van der Waals surface area contributed by atoms with Gasteiger partial charge in [0.05, 0.1) is 27.8 Å². The van der Waals surface area contributed by atoms with E-state index in [4.69, 9.17) is 19.9 Å². The van der Waals surface area contributed by atoms with Crippen LogP contribution in [0.5, 0.6) is 0 Å². The molecule has 7 aromatic carbocycles. The maximum atomic E-state index is 5.11. The third kappa shape index (κ3) is 5.27. The van der Waals surface area contributed by atoms with Crippen LogP contribution in [0.3, 0.4) is 0 Å². The molecule has 0 aliphatic heterocycles. The largest absolute Gasteiger partial charge is 0.309 e. The van der Waals surface area contributed by atoms with Crippen molar-refractivity contribution in [1.82, 2.24) is 29.1 Å². The summed E-state index contributed by atoms with van der Waals surface area (Å²) in [6.45, 7) is 0. The second-order valence-corrected chi connectivity index (χ2v) is 13.9. The van der Waals surface area contributed by atoms with Crippen LogP contribution >= 0.6 is 0 Å². The van der Waals surface area contributed by atoms with Crippen molar-refractivity contribution >= 4 is 43.6 Å². The van der Waals surface area contributed by atoms with E-state index >= 15 is 0 Å². The number of para-hydroxylation sites is 4. The fourth-order valence-corrected chi connectivity index (χ4v) is 8.04. The lowest BCUT2D eigenvalue weighted by Crippen LogP contribution is -2.01. The zero-order valence-corrected chi connectivity index (χ0v) is 30.2. The number of nitrogens with zero attached hydrogens (tertiary/aromatic N) is 6. The van der Waals surface area contributed by atoms with Gasteiger partial charge in [-0.05, 0) is 54.6 Å². The fraction of sp³-hybridized carbons (Fsp3) is 0. The molecule has 0 saturated carbocycles. The van der Waals surface area contributed by atoms with E-state index in [-0.39, 0.29) is 0 Å². The number of fused-ring (bicyclic) bond motifs is 6. The smallest absolute Gasteiger partial charge is 0.165 e. The van der Waals surface area contributed by atoms with Crippen molar-refractivity contribution in [2.75, 3.05) is 0 Å². The van der Waals surface area contributed by atoms with Crippen LogP contribution in [-0.2, 0) is 0 Å². The summed E-state index contributed by atoms with van der Waals surface area (Å²) in [5.74, 6) is 1.81. The zero-order valence-electron chi connectivity index (χ0n) is 30.2. The predicted octanol–water partition coefficient (Wildman–Crippen LogP) is 12.1. The number of hydrogen-bond donors (Lipinski definition) is 0. The molecule has 11 rings (SSSR count).